The summed E-state index contributed by atoms with van der Waals surface area (Å²) in [4.78, 5) is 0. The summed E-state index contributed by atoms with van der Waals surface area (Å²) in [5, 5.41) is 0. The highest BCUT2D eigenvalue weighted by Crippen LogP contribution is 2.30. The summed E-state index contributed by atoms with van der Waals surface area (Å²) in [6.07, 6.45) is 3.87. The van der Waals surface area contributed by atoms with Gasteiger partial charge in [-0.2, -0.15) is 0 Å². The van der Waals surface area contributed by atoms with Crippen LogP contribution in [0.1, 0.15) is 12.5 Å². The van der Waals surface area contributed by atoms with Gasteiger partial charge in [0.1, 0.15) is 5.82 Å². The Bertz CT molecular complexity index is 918. The van der Waals surface area contributed by atoms with Gasteiger partial charge < -0.3 is 0 Å². The number of allylic oxidation sites excluding steroid dienone is 1. The summed E-state index contributed by atoms with van der Waals surface area (Å²) in [6.45, 7) is 1.92. The van der Waals surface area contributed by atoms with Crippen LogP contribution in [0, 0.1) is 23.3 Å². The minimum atomic E-state index is -1.57. The first kappa shape index (κ1) is 17.0. The molecule has 0 aliphatic heterocycles. The van der Waals surface area contributed by atoms with Crippen LogP contribution in [0.15, 0.2) is 60.7 Å². The molecule has 0 aliphatic carbocycles. The third kappa shape index (κ3) is 3.48. The van der Waals surface area contributed by atoms with E-state index < -0.39 is 23.3 Å². The third-order valence-corrected chi connectivity index (χ3v) is 3.87. The van der Waals surface area contributed by atoms with Crippen molar-refractivity contribution in [2.75, 3.05) is 0 Å². The first-order chi connectivity index (χ1) is 12.0. The molecule has 0 aromatic heterocycles. The Morgan fingerprint density at radius 2 is 1.20 bits per heavy atom. The number of rotatable bonds is 3. The van der Waals surface area contributed by atoms with Crippen molar-refractivity contribution in [2.45, 2.75) is 6.92 Å². The van der Waals surface area contributed by atoms with Crippen molar-refractivity contribution in [3.63, 3.8) is 0 Å². The summed E-state index contributed by atoms with van der Waals surface area (Å²) in [5.41, 5.74) is 2.43. The van der Waals surface area contributed by atoms with Gasteiger partial charge in [0.25, 0.3) is 0 Å². The summed E-state index contributed by atoms with van der Waals surface area (Å²) in [6, 6.07) is 13.5. The van der Waals surface area contributed by atoms with Crippen molar-refractivity contribution in [1.29, 1.82) is 0 Å². The van der Waals surface area contributed by atoms with E-state index in [4.69, 9.17) is 0 Å². The van der Waals surface area contributed by atoms with E-state index in [1.807, 2.05) is 43.3 Å². The fraction of sp³-hybridized carbons (Fsp3) is 0.0476. The zero-order valence-corrected chi connectivity index (χ0v) is 13.4. The zero-order valence-electron chi connectivity index (χ0n) is 13.4. The van der Waals surface area contributed by atoms with Gasteiger partial charge in [0, 0.05) is 5.56 Å². The molecule has 0 fully saturated rings. The maximum atomic E-state index is 14.4. The zero-order chi connectivity index (χ0) is 18.0. The first-order valence-electron chi connectivity index (χ1n) is 7.67. The molecule has 4 heteroatoms. The molecular weight excluding hydrogens is 328 g/mol. The minimum absolute atomic E-state index is 0.00656. The number of halogens is 4. The highest BCUT2D eigenvalue weighted by atomic mass is 19.2. The van der Waals surface area contributed by atoms with Crippen LogP contribution >= 0.6 is 0 Å². The lowest BCUT2D eigenvalue weighted by Gasteiger charge is -2.08. The Kier molecular flexibility index (Phi) is 4.70. The van der Waals surface area contributed by atoms with Crippen molar-refractivity contribution >= 4 is 6.08 Å². The minimum Gasteiger partial charge on any atom is -0.206 e. The highest BCUT2D eigenvalue weighted by molar-refractivity contribution is 5.72. The Labute approximate surface area is 143 Å². The molecule has 0 atom stereocenters. The van der Waals surface area contributed by atoms with Crippen LogP contribution in [0.2, 0.25) is 0 Å². The van der Waals surface area contributed by atoms with Crippen LogP contribution in [0.5, 0.6) is 0 Å². The smallest absolute Gasteiger partial charge is 0.194 e. The van der Waals surface area contributed by atoms with E-state index in [1.165, 1.54) is 12.1 Å². The molecule has 25 heavy (non-hydrogen) atoms. The summed E-state index contributed by atoms with van der Waals surface area (Å²) >= 11 is 0. The van der Waals surface area contributed by atoms with Crippen LogP contribution in [0.4, 0.5) is 17.6 Å². The number of hydrogen-bond donors (Lipinski definition) is 0. The van der Waals surface area contributed by atoms with Crippen molar-refractivity contribution in [3.8, 4) is 22.3 Å². The fourth-order valence-corrected chi connectivity index (χ4v) is 2.62. The molecule has 0 bridgehead atoms. The van der Waals surface area contributed by atoms with Gasteiger partial charge in [-0.05, 0) is 47.4 Å². The largest absolute Gasteiger partial charge is 0.206 e. The van der Waals surface area contributed by atoms with E-state index in [0.717, 1.165) is 23.3 Å². The van der Waals surface area contributed by atoms with Gasteiger partial charge in [-0.1, -0.05) is 48.6 Å². The van der Waals surface area contributed by atoms with E-state index >= 15 is 0 Å². The van der Waals surface area contributed by atoms with Crippen molar-refractivity contribution in [2.24, 2.45) is 0 Å². The van der Waals surface area contributed by atoms with Crippen molar-refractivity contribution < 1.29 is 17.6 Å². The molecule has 0 amide bonds. The lowest BCUT2D eigenvalue weighted by Crippen LogP contribution is -1.94. The summed E-state index contributed by atoms with van der Waals surface area (Å²) in [5.74, 6) is -4.90. The van der Waals surface area contributed by atoms with Crippen LogP contribution in [0.25, 0.3) is 28.3 Å². The molecule has 0 aliphatic rings. The van der Waals surface area contributed by atoms with Crippen LogP contribution in [-0.2, 0) is 0 Å². The summed E-state index contributed by atoms with van der Waals surface area (Å²) < 4.78 is 54.2. The second kappa shape index (κ2) is 6.93. The summed E-state index contributed by atoms with van der Waals surface area (Å²) in [7, 11) is 0. The van der Waals surface area contributed by atoms with Gasteiger partial charge in [0.2, 0.25) is 0 Å². The maximum absolute atomic E-state index is 14.4. The Morgan fingerprint density at radius 3 is 1.76 bits per heavy atom. The monoisotopic (exact) mass is 342 g/mol. The van der Waals surface area contributed by atoms with Crippen molar-refractivity contribution in [1.82, 2.24) is 0 Å². The maximum Gasteiger partial charge on any atom is 0.194 e. The normalized spacial score (nSPS) is 11.2. The lowest BCUT2D eigenvalue weighted by molar-refractivity contribution is 0.447. The van der Waals surface area contributed by atoms with E-state index in [9.17, 15) is 17.6 Å². The molecule has 0 nitrogen and oxygen atoms in total. The van der Waals surface area contributed by atoms with Crippen LogP contribution in [-0.4, -0.2) is 0 Å². The van der Waals surface area contributed by atoms with Crippen LogP contribution < -0.4 is 0 Å². The van der Waals surface area contributed by atoms with Gasteiger partial charge in [0.05, 0.1) is 0 Å². The SMILES string of the molecule is CC=Cc1ccc(-c2ccc(-c3cc(F)c(F)c(F)c3)c(F)c2)cc1. The standard InChI is InChI=1S/C21H14F4/c1-2-3-13-4-6-14(7-5-13)15-8-9-17(18(22)10-15)16-11-19(23)21(25)20(24)12-16/h2-12H,1H3. The molecule has 0 saturated heterocycles. The Morgan fingerprint density at radius 1 is 0.640 bits per heavy atom. The molecule has 0 unspecified atom stereocenters. The van der Waals surface area contributed by atoms with Gasteiger partial charge in [-0.3, -0.25) is 0 Å². The number of hydrogen-bond acceptors (Lipinski definition) is 0. The molecule has 126 valence electrons. The van der Waals surface area contributed by atoms with Gasteiger partial charge in [-0.15, -0.1) is 0 Å². The molecule has 0 spiro atoms. The molecule has 0 radical (unpaired) electrons. The molecule has 0 saturated carbocycles. The van der Waals surface area contributed by atoms with Gasteiger partial charge in [0.15, 0.2) is 17.5 Å². The average molecular weight is 342 g/mol. The third-order valence-electron chi connectivity index (χ3n) is 3.87. The quantitative estimate of drug-likeness (QED) is 0.371. The van der Waals surface area contributed by atoms with E-state index in [1.54, 1.807) is 6.07 Å². The molecular formula is C21H14F4. The van der Waals surface area contributed by atoms with Crippen molar-refractivity contribution in [3.05, 3.63) is 89.5 Å². The molecule has 0 N–H and O–H groups in total. The predicted molar refractivity (Wildman–Crippen MR) is 91.9 cm³/mol. The lowest BCUT2D eigenvalue weighted by atomic mass is 9.98. The second-order valence-electron chi connectivity index (χ2n) is 5.57. The Balaban J connectivity index is 1.98. The molecule has 3 aromatic rings. The topological polar surface area (TPSA) is 0 Å². The highest BCUT2D eigenvalue weighted by Gasteiger charge is 2.14. The molecule has 3 aromatic carbocycles. The van der Waals surface area contributed by atoms with E-state index in [-0.39, 0.29) is 11.1 Å². The van der Waals surface area contributed by atoms with Gasteiger partial charge >= 0.3 is 0 Å². The molecule has 0 heterocycles. The first-order valence-corrected chi connectivity index (χ1v) is 7.67. The number of benzene rings is 3. The van der Waals surface area contributed by atoms with Crippen LogP contribution in [0.3, 0.4) is 0 Å². The Hall–Kier alpha value is -2.88. The fourth-order valence-electron chi connectivity index (χ4n) is 2.62. The average Bonchev–Trinajstić information content (AvgIpc) is 2.60. The van der Waals surface area contributed by atoms with E-state index in [2.05, 4.69) is 0 Å². The molecule has 3 rings (SSSR count). The predicted octanol–water partition coefficient (Wildman–Crippen LogP) is 6.61. The van der Waals surface area contributed by atoms with E-state index in [0.29, 0.717) is 5.56 Å². The second-order valence-corrected chi connectivity index (χ2v) is 5.57. The van der Waals surface area contributed by atoms with Gasteiger partial charge in [-0.25, -0.2) is 17.6 Å².